The van der Waals surface area contributed by atoms with Crippen LogP contribution in [0.1, 0.15) is 5.56 Å². The van der Waals surface area contributed by atoms with Gasteiger partial charge in [0, 0.05) is 5.56 Å². The van der Waals surface area contributed by atoms with Gasteiger partial charge in [0.1, 0.15) is 12.4 Å². The molecule has 2 rings (SSSR count). The molecule has 0 aromatic heterocycles. The molecule has 4 heteroatoms. The predicted octanol–water partition coefficient (Wildman–Crippen LogP) is 2.24. The first-order valence-electron chi connectivity index (χ1n) is 4.85. The Morgan fingerprint density at radius 3 is 2.81 bits per heavy atom. The lowest BCUT2D eigenvalue weighted by Gasteiger charge is -2.23. The van der Waals surface area contributed by atoms with Crippen LogP contribution in [-0.2, 0) is 15.1 Å². The molecule has 1 atom stereocenters. The highest BCUT2D eigenvalue weighted by atomic mass is 16.8. The van der Waals surface area contributed by atoms with Gasteiger partial charge in [-0.15, -0.1) is 0 Å². The predicted molar refractivity (Wildman–Crippen MR) is 57.3 cm³/mol. The highest BCUT2D eigenvalue weighted by molar-refractivity contribution is 5.65. The van der Waals surface area contributed by atoms with Crippen molar-refractivity contribution in [3.8, 4) is 5.75 Å². The molecule has 4 nitrogen and oxygen atoms in total. The molecule has 1 fully saturated rings. The summed E-state index contributed by atoms with van der Waals surface area (Å²) in [5.41, 5.74) is -0.206. The fourth-order valence-corrected chi connectivity index (χ4v) is 1.71. The van der Waals surface area contributed by atoms with Crippen LogP contribution in [0.2, 0.25) is 0 Å². The summed E-state index contributed by atoms with van der Waals surface area (Å²) in [5.74, 6) is 0.640. The van der Waals surface area contributed by atoms with Crippen LogP contribution in [0.3, 0.4) is 0 Å². The van der Waals surface area contributed by atoms with E-state index < -0.39 is 11.8 Å². The number of ether oxygens (including phenoxy) is 3. The number of carbonyl (C=O) groups excluding carboxylic acids is 1. The van der Waals surface area contributed by atoms with Gasteiger partial charge in [-0.1, -0.05) is 24.8 Å². The molecule has 1 aromatic rings. The van der Waals surface area contributed by atoms with Gasteiger partial charge in [0.2, 0.25) is 0 Å². The number of cyclic esters (lactones) is 2. The van der Waals surface area contributed by atoms with E-state index in [2.05, 4.69) is 6.58 Å². The lowest BCUT2D eigenvalue weighted by molar-refractivity contribution is 0.0872. The van der Waals surface area contributed by atoms with Gasteiger partial charge in [-0.2, -0.15) is 0 Å². The number of benzene rings is 1. The van der Waals surface area contributed by atoms with E-state index in [-0.39, 0.29) is 6.61 Å². The molecule has 1 aromatic carbocycles. The topological polar surface area (TPSA) is 44.8 Å². The highest BCUT2D eigenvalue weighted by Gasteiger charge is 2.43. The standard InChI is InChI=1S/C12H12O4/c1-3-12(8-15-11(13)16-12)9-6-4-5-7-10(9)14-2/h3-7H,1,8H2,2H3. The molecule has 1 saturated heterocycles. The molecule has 1 unspecified atom stereocenters. The summed E-state index contributed by atoms with van der Waals surface area (Å²) in [6, 6.07) is 7.31. The van der Waals surface area contributed by atoms with Gasteiger partial charge in [-0.25, -0.2) is 4.79 Å². The van der Waals surface area contributed by atoms with Crippen LogP contribution in [0.5, 0.6) is 5.75 Å². The van der Waals surface area contributed by atoms with Crippen molar-refractivity contribution in [1.82, 2.24) is 0 Å². The molecule has 0 radical (unpaired) electrons. The average molecular weight is 220 g/mol. The molecule has 16 heavy (non-hydrogen) atoms. The summed E-state index contributed by atoms with van der Waals surface area (Å²) in [7, 11) is 1.56. The Balaban J connectivity index is 2.48. The normalized spacial score (nSPS) is 23.4. The SMILES string of the molecule is C=CC1(c2ccccc2OC)COC(=O)O1. The summed E-state index contributed by atoms with van der Waals surface area (Å²) in [5, 5.41) is 0. The van der Waals surface area contributed by atoms with Crippen LogP contribution in [-0.4, -0.2) is 19.9 Å². The van der Waals surface area contributed by atoms with Crippen molar-refractivity contribution >= 4 is 6.16 Å². The lowest BCUT2D eigenvalue weighted by Crippen LogP contribution is -2.26. The first kappa shape index (κ1) is 10.5. The van der Waals surface area contributed by atoms with Crippen molar-refractivity contribution in [2.24, 2.45) is 0 Å². The van der Waals surface area contributed by atoms with E-state index in [1.165, 1.54) is 0 Å². The molecule has 1 heterocycles. The second-order valence-electron chi connectivity index (χ2n) is 3.43. The largest absolute Gasteiger partial charge is 0.509 e. The van der Waals surface area contributed by atoms with Crippen molar-refractivity contribution in [3.05, 3.63) is 42.5 Å². The second-order valence-corrected chi connectivity index (χ2v) is 3.43. The van der Waals surface area contributed by atoms with Gasteiger partial charge in [0.25, 0.3) is 0 Å². The molecule has 0 saturated carbocycles. The Morgan fingerprint density at radius 2 is 2.25 bits per heavy atom. The van der Waals surface area contributed by atoms with Crippen molar-refractivity contribution in [2.45, 2.75) is 5.60 Å². The number of hydrogen-bond donors (Lipinski definition) is 0. The molecule has 0 aliphatic carbocycles. The minimum absolute atomic E-state index is 0.121. The maximum Gasteiger partial charge on any atom is 0.509 e. The monoisotopic (exact) mass is 220 g/mol. The van der Waals surface area contributed by atoms with Crippen LogP contribution in [0, 0.1) is 0 Å². The van der Waals surface area contributed by atoms with Crippen molar-refractivity contribution < 1.29 is 19.0 Å². The van der Waals surface area contributed by atoms with Crippen molar-refractivity contribution in [3.63, 3.8) is 0 Å². The molecule has 1 aliphatic heterocycles. The molecular formula is C12H12O4. The van der Waals surface area contributed by atoms with E-state index in [1.807, 2.05) is 18.2 Å². The minimum atomic E-state index is -0.941. The summed E-state index contributed by atoms with van der Waals surface area (Å²) in [6.07, 6.45) is 0.862. The van der Waals surface area contributed by atoms with Crippen molar-refractivity contribution in [1.29, 1.82) is 0 Å². The number of hydrogen-bond acceptors (Lipinski definition) is 4. The molecule has 0 N–H and O–H groups in total. The fraction of sp³-hybridized carbons (Fsp3) is 0.250. The Labute approximate surface area is 93.4 Å². The minimum Gasteiger partial charge on any atom is -0.496 e. The van der Waals surface area contributed by atoms with E-state index in [9.17, 15) is 4.79 Å². The van der Waals surface area contributed by atoms with E-state index in [0.29, 0.717) is 5.75 Å². The summed E-state index contributed by atoms with van der Waals surface area (Å²) < 4.78 is 15.2. The summed E-state index contributed by atoms with van der Waals surface area (Å²) >= 11 is 0. The van der Waals surface area contributed by atoms with Crippen LogP contribution < -0.4 is 4.74 Å². The maximum atomic E-state index is 11.1. The van der Waals surface area contributed by atoms with E-state index in [4.69, 9.17) is 14.2 Å². The van der Waals surface area contributed by atoms with Crippen LogP contribution in [0.15, 0.2) is 36.9 Å². The van der Waals surface area contributed by atoms with Crippen LogP contribution in [0.25, 0.3) is 0 Å². The third-order valence-electron chi connectivity index (χ3n) is 2.56. The van der Waals surface area contributed by atoms with Gasteiger partial charge in [0.15, 0.2) is 5.60 Å². The Kier molecular flexibility index (Phi) is 2.56. The number of rotatable bonds is 3. The molecule has 0 amide bonds. The summed E-state index contributed by atoms with van der Waals surface area (Å²) in [6.45, 7) is 3.81. The Hall–Kier alpha value is -1.97. The molecule has 0 bridgehead atoms. The molecule has 84 valence electrons. The molecule has 1 aliphatic rings. The van der Waals surface area contributed by atoms with E-state index >= 15 is 0 Å². The number of para-hydroxylation sites is 1. The average Bonchev–Trinajstić information content (AvgIpc) is 2.72. The quantitative estimate of drug-likeness (QED) is 0.579. The van der Waals surface area contributed by atoms with Crippen LogP contribution >= 0.6 is 0 Å². The zero-order valence-corrected chi connectivity index (χ0v) is 8.93. The fourth-order valence-electron chi connectivity index (χ4n) is 1.71. The molecule has 0 spiro atoms. The van der Waals surface area contributed by atoms with Crippen molar-refractivity contribution in [2.75, 3.05) is 13.7 Å². The van der Waals surface area contributed by atoms with E-state index in [1.54, 1.807) is 19.3 Å². The smallest absolute Gasteiger partial charge is 0.496 e. The zero-order chi connectivity index (χ0) is 11.6. The maximum absolute atomic E-state index is 11.1. The third kappa shape index (κ3) is 1.52. The van der Waals surface area contributed by atoms with E-state index in [0.717, 1.165) is 5.56 Å². The highest BCUT2D eigenvalue weighted by Crippen LogP contribution is 2.37. The Bertz CT molecular complexity index is 427. The van der Waals surface area contributed by atoms with Gasteiger partial charge >= 0.3 is 6.16 Å². The van der Waals surface area contributed by atoms with Gasteiger partial charge in [-0.3, -0.25) is 0 Å². The second kappa shape index (κ2) is 3.89. The van der Waals surface area contributed by atoms with Gasteiger partial charge in [0.05, 0.1) is 7.11 Å². The first-order valence-corrected chi connectivity index (χ1v) is 4.85. The first-order chi connectivity index (χ1) is 7.72. The number of carbonyl (C=O) groups is 1. The number of methoxy groups -OCH3 is 1. The van der Waals surface area contributed by atoms with Gasteiger partial charge in [-0.05, 0) is 12.1 Å². The Morgan fingerprint density at radius 1 is 1.50 bits per heavy atom. The summed E-state index contributed by atoms with van der Waals surface area (Å²) in [4.78, 5) is 11.1. The third-order valence-corrected chi connectivity index (χ3v) is 2.56. The van der Waals surface area contributed by atoms with Gasteiger partial charge < -0.3 is 14.2 Å². The lowest BCUT2D eigenvalue weighted by atomic mass is 9.94. The molecular weight excluding hydrogens is 208 g/mol. The van der Waals surface area contributed by atoms with Crippen LogP contribution in [0.4, 0.5) is 4.79 Å². The zero-order valence-electron chi connectivity index (χ0n) is 8.93.